The fourth-order valence-electron chi connectivity index (χ4n) is 2.11. The summed E-state index contributed by atoms with van der Waals surface area (Å²) in [4.78, 5) is 13.6. The molecule has 7 heteroatoms. The summed E-state index contributed by atoms with van der Waals surface area (Å²) in [5.41, 5.74) is 0. The molecule has 1 N–H and O–H groups in total. The summed E-state index contributed by atoms with van der Waals surface area (Å²) in [6, 6.07) is 0.0147. The normalized spacial score (nSPS) is 18.3. The van der Waals surface area contributed by atoms with Crippen molar-refractivity contribution in [2.45, 2.75) is 38.6 Å². The van der Waals surface area contributed by atoms with E-state index in [2.05, 4.69) is 12.2 Å². The molecular formula is C12H25N3O3S. The number of carbonyl (C=O) groups excluding carboxylic acids is 1. The summed E-state index contributed by atoms with van der Waals surface area (Å²) in [5, 5.41) is 2.97. The van der Waals surface area contributed by atoms with E-state index < -0.39 is 10.0 Å². The molecule has 112 valence electrons. The average Bonchev–Trinajstić information content (AvgIpc) is 2.35. The maximum absolute atomic E-state index is 11.9. The van der Waals surface area contributed by atoms with Gasteiger partial charge in [-0.15, -0.1) is 0 Å². The number of nitrogens with one attached hydrogen (secondary N) is 1. The largest absolute Gasteiger partial charge is 0.335 e. The van der Waals surface area contributed by atoms with E-state index in [-0.39, 0.29) is 12.1 Å². The summed E-state index contributed by atoms with van der Waals surface area (Å²) in [6.45, 7) is 3.82. The summed E-state index contributed by atoms with van der Waals surface area (Å²) >= 11 is 0. The first-order valence-corrected chi connectivity index (χ1v) is 8.66. The van der Waals surface area contributed by atoms with E-state index >= 15 is 0 Å². The van der Waals surface area contributed by atoms with Crippen LogP contribution in [0.15, 0.2) is 0 Å². The molecule has 19 heavy (non-hydrogen) atoms. The van der Waals surface area contributed by atoms with Gasteiger partial charge in [-0.3, -0.25) is 0 Å². The zero-order valence-corrected chi connectivity index (χ0v) is 12.9. The standard InChI is InChI=1S/C12H25N3O3S/c1-4-5-8-14(2)12(16)13-11-6-9-15(10-7-11)19(3,17)18/h11H,4-10H2,1-3H3,(H,13,16). The van der Waals surface area contributed by atoms with Gasteiger partial charge < -0.3 is 10.2 Å². The van der Waals surface area contributed by atoms with E-state index in [4.69, 9.17) is 0 Å². The molecule has 1 saturated heterocycles. The van der Waals surface area contributed by atoms with Gasteiger partial charge in [0.15, 0.2) is 0 Å². The lowest BCUT2D eigenvalue weighted by Gasteiger charge is -2.31. The van der Waals surface area contributed by atoms with Gasteiger partial charge in [-0.2, -0.15) is 0 Å². The van der Waals surface area contributed by atoms with Crippen molar-refractivity contribution in [3.8, 4) is 0 Å². The molecule has 0 bridgehead atoms. The molecule has 0 aromatic rings. The Kier molecular flexibility index (Phi) is 6.06. The highest BCUT2D eigenvalue weighted by Crippen LogP contribution is 2.13. The molecule has 6 nitrogen and oxygen atoms in total. The van der Waals surface area contributed by atoms with Crippen molar-refractivity contribution in [3.05, 3.63) is 0 Å². The highest BCUT2D eigenvalue weighted by Gasteiger charge is 2.26. The van der Waals surface area contributed by atoms with Crippen LogP contribution >= 0.6 is 0 Å². The van der Waals surface area contributed by atoms with Gasteiger partial charge in [-0.1, -0.05) is 13.3 Å². The first-order valence-electron chi connectivity index (χ1n) is 6.81. The zero-order chi connectivity index (χ0) is 14.5. The van der Waals surface area contributed by atoms with Crippen LogP contribution in [-0.4, -0.2) is 62.6 Å². The van der Waals surface area contributed by atoms with E-state index in [1.165, 1.54) is 10.6 Å². The van der Waals surface area contributed by atoms with Crippen LogP contribution in [0.5, 0.6) is 0 Å². The highest BCUT2D eigenvalue weighted by molar-refractivity contribution is 7.88. The summed E-state index contributed by atoms with van der Waals surface area (Å²) < 4.78 is 24.2. The average molecular weight is 291 g/mol. The molecule has 2 amide bonds. The molecule has 1 rings (SSSR count). The molecule has 0 saturated carbocycles. The molecule has 1 heterocycles. The third-order valence-electron chi connectivity index (χ3n) is 3.44. The number of carbonyl (C=O) groups is 1. The lowest BCUT2D eigenvalue weighted by atomic mass is 10.1. The third kappa shape index (κ3) is 5.36. The minimum Gasteiger partial charge on any atom is -0.335 e. The SMILES string of the molecule is CCCCN(C)C(=O)NC1CCN(S(C)(=O)=O)CC1. The van der Waals surface area contributed by atoms with Gasteiger partial charge in [0, 0.05) is 32.7 Å². The van der Waals surface area contributed by atoms with Crippen LogP contribution in [0.25, 0.3) is 0 Å². The molecule has 0 aromatic carbocycles. The van der Waals surface area contributed by atoms with Crippen molar-refractivity contribution < 1.29 is 13.2 Å². The Hall–Kier alpha value is -0.820. The molecule has 0 unspecified atom stereocenters. The van der Waals surface area contributed by atoms with Crippen molar-refractivity contribution >= 4 is 16.1 Å². The van der Waals surface area contributed by atoms with Gasteiger partial charge in [0.25, 0.3) is 0 Å². The van der Waals surface area contributed by atoms with E-state index in [9.17, 15) is 13.2 Å². The number of piperidine rings is 1. The quantitative estimate of drug-likeness (QED) is 0.816. The molecule has 0 aliphatic carbocycles. The molecule has 1 aliphatic rings. The number of rotatable bonds is 5. The summed E-state index contributed by atoms with van der Waals surface area (Å²) in [7, 11) is -1.31. The topological polar surface area (TPSA) is 69.7 Å². The molecular weight excluding hydrogens is 266 g/mol. The fraction of sp³-hybridized carbons (Fsp3) is 0.917. The van der Waals surface area contributed by atoms with Crippen LogP contribution in [0.1, 0.15) is 32.6 Å². The van der Waals surface area contributed by atoms with Crippen molar-refractivity contribution in [2.75, 3.05) is 32.9 Å². The van der Waals surface area contributed by atoms with Crippen LogP contribution in [0.3, 0.4) is 0 Å². The monoisotopic (exact) mass is 291 g/mol. The van der Waals surface area contributed by atoms with Gasteiger partial charge in [0.05, 0.1) is 6.26 Å². The van der Waals surface area contributed by atoms with Crippen LogP contribution < -0.4 is 5.32 Å². The van der Waals surface area contributed by atoms with Crippen LogP contribution in [0.4, 0.5) is 4.79 Å². The Balaban J connectivity index is 2.35. The number of urea groups is 1. The Labute approximate surface area is 116 Å². The van der Waals surface area contributed by atoms with E-state index in [1.807, 2.05) is 0 Å². The number of sulfonamides is 1. The van der Waals surface area contributed by atoms with Gasteiger partial charge in [-0.25, -0.2) is 17.5 Å². The number of amides is 2. The number of unbranched alkanes of at least 4 members (excludes halogenated alkanes) is 1. The smallest absolute Gasteiger partial charge is 0.317 e. The Bertz CT molecular complexity index is 389. The minimum atomic E-state index is -3.10. The predicted octanol–water partition coefficient (Wildman–Crippen LogP) is 0.852. The van der Waals surface area contributed by atoms with Crippen LogP contribution in [-0.2, 0) is 10.0 Å². The maximum Gasteiger partial charge on any atom is 0.317 e. The van der Waals surface area contributed by atoms with Crippen molar-refractivity contribution in [2.24, 2.45) is 0 Å². The Morgan fingerprint density at radius 1 is 1.37 bits per heavy atom. The van der Waals surface area contributed by atoms with E-state index in [0.29, 0.717) is 25.9 Å². The first kappa shape index (κ1) is 16.2. The zero-order valence-electron chi connectivity index (χ0n) is 12.1. The third-order valence-corrected chi connectivity index (χ3v) is 4.75. The molecule has 0 spiro atoms. The predicted molar refractivity (Wildman–Crippen MR) is 75.5 cm³/mol. The number of hydrogen-bond donors (Lipinski definition) is 1. The van der Waals surface area contributed by atoms with Crippen molar-refractivity contribution in [1.29, 1.82) is 0 Å². The molecule has 1 aliphatic heterocycles. The summed E-state index contributed by atoms with van der Waals surface area (Å²) in [6.07, 6.45) is 4.64. The lowest BCUT2D eigenvalue weighted by Crippen LogP contribution is -2.49. The Morgan fingerprint density at radius 2 is 1.95 bits per heavy atom. The minimum absolute atomic E-state index is 0.0637. The van der Waals surface area contributed by atoms with Crippen LogP contribution in [0, 0.1) is 0 Å². The Morgan fingerprint density at radius 3 is 2.42 bits per heavy atom. The van der Waals surface area contributed by atoms with Crippen molar-refractivity contribution in [1.82, 2.24) is 14.5 Å². The highest BCUT2D eigenvalue weighted by atomic mass is 32.2. The van der Waals surface area contributed by atoms with Crippen molar-refractivity contribution in [3.63, 3.8) is 0 Å². The van der Waals surface area contributed by atoms with Gasteiger partial charge in [0.2, 0.25) is 10.0 Å². The molecule has 0 aromatic heterocycles. The second-order valence-corrected chi connectivity index (χ2v) is 7.14. The first-order chi connectivity index (χ1) is 8.84. The van der Waals surface area contributed by atoms with Gasteiger partial charge in [0.1, 0.15) is 0 Å². The summed E-state index contributed by atoms with van der Waals surface area (Å²) in [5.74, 6) is 0. The second-order valence-electron chi connectivity index (χ2n) is 5.16. The molecule has 1 fully saturated rings. The fourth-order valence-corrected chi connectivity index (χ4v) is 2.99. The number of nitrogens with zero attached hydrogens (tertiary/aromatic N) is 2. The van der Waals surface area contributed by atoms with Gasteiger partial charge in [-0.05, 0) is 19.3 Å². The number of hydrogen-bond acceptors (Lipinski definition) is 3. The second kappa shape index (κ2) is 7.09. The molecule has 0 atom stereocenters. The van der Waals surface area contributed by atoms with Gasteiger partial charge >= 0.3 is 6.03 Å². The maximum atomic E-state index is 11.9. The van der Waals surface area contributed by atoms with Crippen LogP contribution in [0.2, 0.25) is 0 Å². The van der Waals surface area contributed by atoms with E-state index in [0.717, 1.165) is 19.4 Å². The van der Waals surface area contributed by atoms with E-state index in [1.54, 1.807) is 11.9 Å². The molecule has 0 radical (unpaired) electrons. The lowest BCUT2D eigenvalue weighted by molar-refractivity contribution is 0.196.